The van der Waals surface area contributed by atoms with Crippen molar-refractivity contribution in [2.45, 2.75) is 36.1 Å². The van der Waals surface area contributed by atoms with Gasteiger partial charge in [-0.1, -0.05) is 12.7 Å². The number of hydrogen-bond donors (Lipinski definition) is 4. The Hall–Kier alpha value is -1.74. The van der Waals surface area contributed by atoms with Gasteiger partial charge in [0.15, 0.2) is 11.8 Å². The number of anilines is 1. The lowest BCUT2D eigenvalue weighted by molar-refractivity contribution is -0.0852. The minimum Gasteiger partial charge on any atom is -0.390 e. The monoisotopic (exact) mass is 281 g/mol. The summed E-state index contributed by atoms with van der Waals surface area (Å²) >= 11 is 0. The highest BCUT2D eigenvalue weighted by molar-refractivity contribution is 5.28. The van der Waals surface area contributed by atoms with E-state index in [1.54, 1.807) is 0 Å². The van der Waals surface area contributed by atoms with Crippen LogP contribution in [0, 0.1) is 0 Å². The van der Waals surface area contributed by atoms with Crippen LogP contribution in [0.5, 0.6) is 0 Å². The molecule has 1 unspecified atom stereocenters. The number of hydrogen-bond acceptors (Lipinski definition) is 7. The zero-order chi connectivity index (χ0) is 14.7. The third-order valence-electron chi connectivity index (χ3n) is 3.97. The number of rotatable bonds is 2. The second-order valence-electron chi connectivity index (χ2n) is 5.18. The number of ether oxygens (including phenoxy) is 1. The van der Waals surface area contributed by atoms with Crippen LogP contribution in [0.1, 0.15) is 12.6 Å². The molecule has 108 valence electrons. The lowest BCUT2D eigenvalue weighted by Gasteiger charge is -2.28. The zero-order valence-electron chi connectivity index (χ0n) is 10.5. The summed E-state index contributed by atoms with van der Waals surface area (Å²) < 4.78 is 6.57. The van der Waals surface area contributed by atoms with E-state index in [1.807, 2.05) is 0 Å². The van der Waals surface area contributed by atoms with E-state index in [4.69, 9.17) is 10.5 Å². The third kappa shape index (κ3) is 1.50. The second-order valence-corrected chi connectivity index (χ2v) is 5.18. The SMILES string of the molecule is C=C[C@@]1(O)[C@H](O)C2(C[C@H]2O)O[C@H]1n1ccc(N)nc1=O. The Labute approximate surface area is 113 Å². The van der Waals surface area contributed by atoms with Crippen molar-refractivity contribution in [1.82, 2.24) is 9.55 Å². The number of nitrogen functional groups attached to an aromatic ring is 1. The van der Waals surface area contributed by atoms with Crippen molar-refractivity contribution < 1.29 is 20.1 Å². The minimum absolute atomic E-state index is 0.0353. The van der Waals surface area contributed by atoms with E-state index in [2.05, 4.69) is 11.6 Å². The van der Waals surface area contributed by atoms with E-state index in [9.17, 15) is 20.1 Å². The van der Waals surface area contributed by atoms with Gasteiger partial charge in [-0.2, -0.15) is 4.98 Å². The maximum absolute atomic E-state index is 11.9. The first-order chi connectivity index (χ1) is 9.35. The fraction of sp³-hybridized carbons (Fsp3) is 0.500. The van der Waals surface area contributed by atoms with Gasteiger partial charge in [0.2, 0.25) is 0 Å². The molecule has 2 aliphatic rings. The molecule has 1 saturated carbocycles. The first-order valence-electron chi connectivity index (χ1n) is 6.10. The second kappa shape index (κ2) is 3.89. The Bertz CT molecular complexity index is 632. The molecular formula is C12H15N3O5. The van der Waals surface area contributed by atoms with Gasteiger partial charge < -0.3 is 25.8 Å². The quantitative estimate of drug-likeness (QED) is 0.467. The van der Waals surface area contributed by atoms with Gasteiger partial charge in [0, 0.05) is 12.6 Å². The molecule has 8 heteroatoms. The molecule has 0 radical (unpaired) electrons. The average Bonchev–Trinajstić information content (AvgIpc) is 3.00. The van der Waals surface area contributed by atoms with Gasteiger partial charge in [0.25, 0.3) is 0 Å². The van der Waals surface area contributed by atoms with Gasteiger partial charge in [-0.25, -0.2) is 4.79 Å². The van der Waals surface area contributed by atoms with Crippen molar-refractivity contribution in [3.8, 4) is 0 Å². The van der Waals surface area contributed by atoms with Crippen LogP contribution in [0.2, 0.25) is 0 Å². The van der Waals surface area contributed by atoms with Crippen LogP contribution in [0.15, 0.2) is 29.7 Å². The highest BCUT2D eigenvalue weighted by Gasteiger charge is 2.73. The predicted octanol–water partition coefficient (Wildman–Crippen LogP) is -1.86. The van der Waals surface area contributed by atoms with E-state index in [-0.39, 0.29) is 12.2 Å². The summed E-state index contributed by atoms with van der Waals surface area (Å²) in [6.07, 6.45) is -0.927. The molecule has 0 amide bonds. The molecule has 1 saturated heterocycles. The molecule has 2 fully saturated rings. The standard InChI is InChI=1S/C12H15N3O5/c1-2-11(19)8(17)12(5-6(12)16)20-9(11)15-4-3-7(13)14-10(15)18/h2-4,6,8-9,16-17,19H,1,5H2,(H2,13,14,18)/t6-,8+,9-,11-,12?/m1/s1. The summed E-state index contributed by atoms with van der Waals surface area (Å²) in [5.41, 5.74) is 1.50. The molecule has 20 heavy (non-hydrogen) atoms. The van der Waals surface area contributed by atoms with E-state index < -0.39 is 35.3 Å². The molecule has 3 rings (SSSR count). The largest absolute Gasteiger partial charge is 0.390 e. The Balaban J connectivity index is 2.09. The summed E-state index contributed by atoms with van der Waals surface area (Å²) in [5.74, 6) is 0.0353. The molecule has 1 aliphatic carbocycles. The van der Waals surface area contributed by atoms with Crippen molar-refractivity contribution in [3.05, 3.63) is 35.4 Å². The van der Waals surface area contributed by atoms with Crippen LogP contribution in [-0.2, 0) is 4.74 Å². The minimum atomic E-state index is -1.90. The molecule has 1 spiro atoms. The summed E-state index contributed by atoms with van der Waals surface area (Å²) in [5, 5.41) is 30.4. The molecule has 1 aliphatic heterocycles. The van der Waals surface area contributed by atoms with Crippen LogP contribution < -0.4 is 11.4 Å². The lowest BCUT2D eigenvalue weighted by Crippen LogP contribution is -2.47. The van der Waals surface area contributed by atoms with Crippen molar-refractivity contribution in [3.63, 3.8) is 0 Å². The van der Waals surface area contributed by atoms with Crippen LogP contribution in [-0.4, -0.2) is 48.3 Å². The smallest absolute Gasteiger partial charge is 0.351 e. The van der Waals surface area contributed by atoms with Crippen LogP contribution in [0.25, 0.3) is 0 Å². The lowest BCUT2D eigenvalue weighted by atomic mass is 9.93. The molecule has 8 nitrogen and oxygen atoms in total. The van der Waals surface area contributed by atoms with Crippen molar-refractivity contribution in [2.24, 2.45) is 0 Å². The van der Waals surface area contributed by atoms with Crippen molar-refractivity contribution in [1.29, 1.82) is 0 Å². The van der Waals surface area contributed by atoms with Gasteiger partial charge in [-0.15, -0.1) is 0 Å². The summed E-state index contributed by atoms with van der Waals surface area (Å²) in [4.78, 5) is 15.4. The normalized spacial score (nSPS) is 42.9. The summed E-state index contributed by atoms with van der Waals surface area (Å²) in [7, 11) is 0. The molecule has 0 bridgehead atoms. The van der Waals surface area contributed by atoms with Crippen molar-refractivity contribution >= 4 is 5.82 Å². The fourth-order valence-electron chi connectivity index (χ4n) is 2.65. The molecule has 1 aromatic heterocycles. The Morgan fingerprint density at radius 2 is 2.25 bits per heavy atom. The van der Waals surface area contributed by atoms with E-state index in [0.717, 1.165) is 10.6 Å². The molecule has 5 atom stereocenters. The molecule has 5 N–H and O–H groups in total. The highest BCUT2D eigenvalue weighted by atomic mass is 16.6. The van der Waals surface area contributed by atoms with Crippen molar-refractivity contribution in [2.75, 3.05) is 5.73 Å². The fourth-order valence-corrected chi connectivity index (χ4v) is 2.65. The van der Waals surface area contributed by atoms with Gasteiger partial charge in [0.05, 0.1) is 6.10 Å². The van der Waals surface area contributed by atoms with Gasteiger partial charge in [-0.05, 0) is 6.07 Å². The van der Waals surface area contributed by atoms with Gasteiger partial charge in [0.1, 0.15) is 17.5 Å². The molecule has 0 aromatic carbocycles. The van der Waals surface area contributed by atoms with E-state index in [0.29, 0.717) is 0 Å². The van der Waals surface area contributed by atoms with Crippen LogP contribution in [0.3, 0.4) is 0 Å². The topological polar surface area (TPSA) is 131 Å². The third-order valence-corrected chi connectivity index (χ3v) is 3.97. The number of nitrogens with zero attached hydrogens (tertiary/aromatic N) is 2. The van der Waals surface area contributed by atoms with Gasteiger partial charge in [-0.3, -0.25) is 4.57 Å². The molecule has 2 heterocycles. The first-order valence-corrected chi connectivity index (χ1v) is 6.10. The predicted molar refractivity (Wildman–Crippen MR) is 67.5 cm³/mol. The maximum atomic E-state index is 11.9. The summed E-state index contributed by atoms with van der Waals surface area (Å²) in [6.45, 7) is 3.47. The number of aliphatic hydroxyl groups excluding tert-OH is 2. The summed E-state index contributed by atoms with van der Waals surface area (Å²) in [6, 6.07) is 1.37. The number of aliphatic hydroxyl groups is 3. The van der Waals surface area contributed by atoms with Gasteiger partial charge >= 0.3 is 5.69 Å². The van der Waals surface area contributed by atoms with Crippen LogP contribution >= 0.6 is 0 Å². The first kappa shape index (κ1) is 13.3. The number of aromatic nitrogens is 2. The zero-order valence-corrected chi connectivity index (χ0v) is 10.5. The Morgan fingerprint density at radius 1 is 1.60 bits per heavy atom. The van der Waals surface area contributed by atoms with E-state index >= 15 is 0 Å². The van der Waals surface area contributed by atoms with Crippen LogP contribution in [0.4, 0.5) is 5.82 Å². The highest BCUT2D eigenvalue weighted by Crippen LogP contribution is 2.56. The molecular weight excluding hydrogens is 266 g/mol. The maximum Gasteiger partial charge on any atom is 0.351 e. The van der Waals surface area contributed by atoms with E-state index in [1.165, 1.54) is 12.3 Å². The Kier molecular flexibility index (Phi) is 2.58. The average molecular weight is 281 g/mol. The molecule has 1 aromatic rings. The Morgan fingerprint density at radius 3 is 2.75 bits per heavy atom. The number of nitrogens with two attached hydrogens (primary N) is 1.